The Labute approximate surface area is 127 Å². The molecule has 0 unspecified atom stereocenters. The SMILES string of the molecule is COc1ccc(C)cc1NC(=O)c1cc(Cl)cc(Cl)c1. The van der Waals surface area contributed by atoms with Gasteiger partial charge in [-0.25, -0.2) is 0 Å². The molecule has 20 heavy (non-hydrogen) atoms. The van der Waals surface area contributed by atoms with Gasteiger partial charge < -0.3 is 10.1 Å². The molecule has 0 bridgehead atoms. The van der Waals surface area contributed by atoms with Crippen LogP contribution in [0.4, 0.5) is 5.69 Å². The minimum Gasteiger partial charge on any atom is -0.495 e. The zero-order valence-corrected chi connectivity index (χ0v) is 12.5. The van der Waals surface area contributed by atoms with Crippen molar-refractivity contribution in [2.45, 2.75) is 6.92 Å². The summed E-state index contributed by atoms with van der Waals surface area (Å²) in [5, 5.41) is 3.62. The lowest BCUT2D eigenvalue weighted by atomic mass is 10.1. The standard InChI is InChI=1S/C15H13Cl2NO2/c1-9-3-4-14(20-2)13(5-9)18-15(19)10-6-11(16)8-12(17)7-10/h3-8H,1-2H3,(H,18,19). The summed E-state index contributed by atoms with van der Waals surface area (Å²) in [6.45, 7) is 1.94. The molecule has 2 aromatic carbocycles. The van der Waals surface area contributed by atoms with Gasteiger partial charge >= 0.3 is 0 Å². The van der Waals surface area contributed by atoms with Crippen molar-refractivity contribution in [2.75, 3.05) is 12.4 Å². The molecule has 0 aliphatic rings. The first-order valence-electron chi connectivity index (χ1n) is 5.91. The van der Waals surface area contributed by atoms with Gasteiger partial charge in [-0.3, -0.25) is 4.79 Å². The third-order valence-electron chi connectivity index (χ3n) is 2.73. The van der Waals surface area contributed by atoms with Crippen LogP contribution in [0, 0.1) is 6.92 Å². The summed E-state index contributed by atoms with van der Waals surface area (Å²) in [5.74, 6) is 0.301. The average Bonchev–Trinajstić information content (AvgIpc) is 2.37. The molecule has 5 heteroatoms. The number of hydrogen-bond acceptors (Lipinski definition) is 2. The molecule has 0 spiro atoms. The molecule has 0 saturated heterocycles. The summed E-state index contributed by atoms with van der Waals surface area (Å²) < 4.78 is 5.22. The second kappa shape index (κ2) is 6.16. The van der Waals surface area contributed by atoms with Crippen LogP contribution in [0.1, 0.15) is 15.9 Å². The van der Waals surface area contributed by atoms with Gasteiger partial charge in [-0.15, -0.1) is 0 Å². The normalized spacial score (nSPS) is 10.2. The maximum atomic E-state index is 12.2. The van der Waals surface area contributed by atoms with Crippen molar-refractivity contribution < 1.29 is 9.53 Å². The van der Waals surface area contributed by atoms with Crippen LogP contribution >= 0.6 is 23.2 Å². The highest BCUT2D eigenvalue weighted by atomic mass is 35.5. The summed E-state index contributed by atoms with van der Waals surface area (Å²) in [6, 6.07) is 10.2. The van der Waals surface area contributed by atoms with Crippen LogP contribution in [0.15, 0.2) is 36.4 Å². The summed E-state index contributed by atoms with van der Waals surface area (Å²) in [5.41, 5.74) is 2.02. The molecule has 0 aliphatic heterocycles. The molecule has 1 N–H and O–H groups in total. The van der Waals surface area contributed by atoms with E-state index in [2.05, 4.69) is 5.32 Å². The maximum absolute atomic E-state index is 12.2. The van der Waals surface area contributed by atoms with Crippen molar-refractivity contribution in [3.8, 4) is 5.75 Å². The first-order chi connectivity index (χ1) is 9.49. The van der Waals surface area contributed by atoms with Crippen LogP contribution in [0.3, 0.4) is 0 Å². The Balaban J connectivity index is 2.29. The van der Waals surface area contributed by atoms with Gasteiger partial charge in [0.15, 0.2) is 0 Å². The van der Waals surface area contributed by atoms with Gasteiger partial charge in [0.1, 0.15) is 5.75 Å². The second-order valence-electron chi connectivity index (χ2n) is 4.32. The lowest BCUT2D eigenvalue weighted by Crippen LogP contribution is -2.12. The largest absolute Gasteiger partial charge is 0.495 e. The van der Waals surface area contributed by atoms with E-state index >= 15 is 0 Å². The topological polar surface area (TPSA) is 38.3 Å². The van der Waals surface area contributed by atoms with Gasteiger partial charge in [0.2, 0.25) is 0 Å². The highest BCUT2D eigenvalue weighted by Crippen LogP contribution is 2.26. The number of halogens is 2. The molecule has 0 heterocycles. The van der Waals surface area contributed by atoms with E-state index in [0.29, 0.717) is 27.0 Å². The molecule has 0 aromatic heterocycles. The van der Waals surface area contributed by atoms with Crippen molar-refractivity contribution in [2.24, 2.45) is 0 Å². The molecule has 3 nitrogen and oxygen atoms in total. The summed E-state index contributed by atoms with van der Waals surface area (Å²) >= 11 is 11.8. The molecule has 2 aromatic rings. The number of benzene rings is 2. The minimum atomic E-state index is -0.293. The molecular formula is C15H13Cl2NO2. The van der Waals surface area contributed by atoms with E-state index in [1.165, 1.54) is 0 Å². The second-order valence-corrected chi connectivity index (χ2v) is 5.19. The third-order valence-corrected chi connectivity index (χ3v) is 3.16. The van der Waals surface area contributed by atoms with E-state index in [1.54, 1.807) is 31.4 Å². The quantitative estimate of drug-likeness (QED) is 0.902. The number of carbonyl (C=O) groups is 1. The van der Waals surface area contributed by atoms with Crippen LogP contribution in [0.5, 0.6) is 5.75 Å². The van der Waals surface area contributed by atoms with Gasteiger partial charge in [0, 0.05) is 15.6 Å². The van der Waals surface area contributed by atoms with E-state index in [4.69, 9.17) is 27.9 Å². The van der Waals surface area contributed by atoms with E-state index in [1.807, 2.05) is 19.1 Å². The van der Waals surface area contributed by atoms with Crippen LogP contribution in [-0.4, -0.2) is 13.0 Å². The Morgan fingerprint density at radius 1 is 1.10 bits per heavy atom. The van der Waals surface area contributed by atoms with Crippen molar-refractivity contribution in [1.82, 2.24) is 0 Å². The molecule has 104 valence electrons. The van der Waals surface area contributed by atoms with Crippen molar-refractivity contribution >= 4 is 34.8 Å². The number of amides is 1. The molecule has 0 aliphatic carbocycles. The van der Waals surface area contributed by atoms with Crippen LogP contribution in [-0.2, 0) is 0 Å². The van der Waals surface area contributed by atoms with E-state index < -0.39 is 0 Å². The fourth-order valence-electron chi connectivity index (χ4n) is 1.80. The summed E-state index contributed by atoms with van der Waals surface area (Å²) in [4.78, 5) is 12.2. The van der Waals surface area contributed by atoms with E-state index in [0.717, 1.165) is 5.56 Å². The third kappa shape index (κ3) is 3.44. The van der Waals surface area contributed by atoms with Crippen molar-refractivity contribution in [3.05, 3.63) is 57.6 Å². The monoisotopic (exact) mass is 309 g/mol. The summed E-state index contributed by atoms with van der Waals surface area (Å²) in [6.07, 6.45) is 0. The molecule has 0 fully saturated rings. The number of aryl methyl sites for hydroxylation is 1. The average molecular weight is 310 g/mol. The van der Waals surface area contributed by atoms with Crippen molar-refractivity contribution in [3.63, 3.8) is 0 Å². The lowest BCUT2D eigenvalue weighted by molar-refractivity contribution is 0.102. The van der Waals surface area contributed by atoms with Gasteiger partial charge in [-0.2, -0.15) is 0 Å². The highest BCUT2D eigenvalue weighted by molar-refractivity contribution is 6.35. The molecule has 0 radical (unpaired) electrons. The Morgan fingerprint density at radius 3 is 2.35 bits per heavy atom. The number of hydrogen-bond donors (Lipinski definition) is 1. The highest BCUT2D eigenvalue weighted by Gasteiger charge is 2.11. The van der Waals surface area contributed by atoms with Gasteiger partial charge in [0.05, 0.1) is 12.8 Å². The van der Waals surface area contributed by atoms with Crippen LogP contribution in [0.2, 0.25) is 10.0 Å². The number of anilines is 1. The Kier molecular flexibility index (Phi) is 4.53. The first-order valence-corrected chi connectivity index (χ1v) is 6.67. The van der Waals surface area contributed by atoms with Gasteiger partial charge in [-0.1, -0.05) is 29.3 Å². The Hall–Kier alpha value is -1.71. The maximum Gasteiger partial charge on any atom is 0.255 e. The number of carbonyl (C=O) groups excluding carboxylic acids is 1. The Bertz CT molecular complexity index is 636. The number of ether oxygens (including phenoxy) is 1. The predicted molar refractivity (Wildman–Crippen MR) is 82.1 cm³/mol. The zero-order chi connectivity index (χ0) is 14.7. The number of rotatable bonds is 3. The molecule has 0 atom stereocenters. The predicted octanol–water partition coefficient (Wildman–Crippen LogP) is 4.56. The Morgan fingerprint density at radius 2 is 1.75 bits per heavy atom. The minimum absolute atomic E-state index is 0.293. The van der Waals surface area contributed by atoms with Crippen LogP contribution < -0.4 is 10.1 Å². The smallest absolute Gasteiger partial charge is 0.255 e. The molecule has 0 saturated carbocycles. The van der Waals surface area contributed by atoms with Gasteiger partial charge in [0.25, 0.3) is 5.91 Å². The zero-order valence-electron chi connectivity index (χ0n) is 11.0. The van der Waals surface area contributed by atoms with E-state index in [-0.39, 0.29) is 5.91 Å². The number of nitrogens with one attached hydrogen (secondary N) is 1. The first kappa shape index (κ1) is 14.7. The molecule has 2 rings (SSSR count). The summed E-state index contributed by atoms with van der Waals surface area (Å²) in [7, 11) is 1.55. The fourth-order valence-corrected chi connectivity index (χ4v) is 2.32. The fraction of sp³-hybridized carbons (Fsp3) is 0.133. The van der Waals surface area contributed by atoms with E-state index in [9.17, 15) is 4.79 Å². The van der Waals surface area contributed by atoms with Gasteiger partial charge in [-0.05, 0) is 42.8 Å². The molecular weight excluding hydrogens is 297 g/mol. The van der Waals surface area contributed by atoms with Crippen molar-refractivity contribution in [1.29, 1.82) is 0 Å². The lowest BCUT2D eigenvalue weighted by Gasteiger charge is -2.11. The number of methoxy groups -OCH3 is 1. The van der Waals surface area contributed by atoms with Crippen LogP contribution in [0.25, 0.3) is 0 Å². The molecule has 1 amide bonds.